The Morgan fingerprint density at radius 3 is 2.44 bits per heavy atom. The molecule has 0 bridgehead atoms. The van der Waals surface area contributed by atoms with Crippen LogP contribution in [0.15, 0.2) is 66.0 Å². The quantitative estimate of drug-likeness (QED) is 0.560. The van der Waals surface area contributed by atoms with E-state index in [9.17, 15) is 9.59 Å². The molecule has 4 rings (SSSR count). The van der Waals surface area contributed by atoms with Crippen LogP contribution in [0.4, 0.5) is 5.95 Å². The monoisotopic (exact) mass is 377 g/mol. The van der Waals surface area contributed by atoms with Crippen molar-refractivity contribution in [3.63, 3.8) is 0 Å². The highest BCUT2D eigenvalue weighted by Crippen LogP contribution is 2.25. The maximum Gasteiger partial charge on any atom is 0.251 e. The van der Waals surface area contributed by atoms with Crippen LogP contribution >= 0.6 is 11.3 Å². The van der Waals surface area contributed by atoms with Crippen LogP contribution in [-0.4, -0.2) is 33.0 Å². The first-order valence-corrected chi connectivity index (χ1v) is 9.11. The van der Waals surface area contributed by atoms with E-state index in [4.69, 9.17) is 0 Å². The molecule has 0 saturated carbocycles. The van der Waals surface area contributed by atoms with Gasteiger partial charge in [-0.2, -0.15) is 4.98 Å². The average Bonchev–Trinajstić information content (AvgIpc) is 3.27. The van der Waals surface area contributed by atoms with Gasteiger partial charge < -0.3 is 5.32 Å². The second-order valence-electron chi connectivity index (χ2n) is 5.71. The molecule has 0 spiro atoms. The molecule has 2 aromatic carbocycles. The van der Waals surface area contributed by atoms with Crippen molar-refractivity contribution in [1.29, 1.82) is 0 Å². The van der Waals surface area contributed by atoms with E-state index in [1.807, 2.05) is 41.8 Å². The first-order chi connectivity index (χ1) is 13.2. The number of aromatic nitrogens is 3. The van der Waals surface area contributed by atoms with Crippen LogP contribution in [0.1, 0.15) is 10.4 Å². The smallest absolute Gasteiger partial charge is 0.251 e. The SMILES string of the molecule is O=C(CNC(=O)c1ccccc1)Nc1nc2scc(-c3ccccc3)n2n1. The largest absolute Gasteiger partial charge is 0.343 e. The summed E-state index contributed by atoms with van der Waals surface area (Å²) >= 11 is 1.44. The van der Waals surface area contributed by atoms with Crippen molar-refractivity contribution in [3.05, 3.63) is 71.6 Å². The van der Waals surface area contributed by atoms with Crippen molar-refractivity contribution in [2.45, 2.75) is 0 Å². The first kappa shape index (κ1) is 16.9. The third-order valence-electron chi connectivity index (χ3n) is 3.85. The van der Waals surface area contributed by atoms with Gasteiger partial charge in [-0.3, -0.25) is 14.9 Å². The molecule has 2 heterocycles. The van der Waals surface area contributed by atoms with E-state index < -0.39 is 5.91 Å². The summed E-state index contributed by atoms with van der Waals surface area (Å²) in [5.74, 6) is -0.493. The lowest BCUT2D eigenvalue weighted by atomic mass is 10.2. The number of thiazole rings is 1. The Balaban J connectivity index is 1.42. The second-order valence-corrected chi connectivity index (χ2v) is 6.55. The Bertz CT molecular complexity index is 1090. The summed E-state index contributed by atoms with van der Waals surface area (Å²) in [6, 6.07) is 18.5. The highest BCUT2D eigenvalue weighted by molar-refractivity contribution is 7.15. The molecule has 0 radical (unpaired) electrons. The molecule has 2 N–H and O–H groups in total. The second kappa shape index (κ2) is 7.38. The Labute approximate surface area is 158 Å². The van der Waals surface area contributed by atoms with Crippen LogP contribution in [-0.2, 0) is 4.79 Å². The van der Waals surface area contributed by atoms with E-state index in [2.05, 4.69) is 20.7 Å². The Hall–Kier alpha value is -3.52. The van der Waals surface area contributed by atoms with Gasteiger partial charge in [0.1, 0.15) is 0 Å². The van der Waals surface area contributed by atoms with Crippen LogP contribution in [0.2, 0.25) is 0 Å². The van der Waals surface area contributed by atoms with Crippen molar-refractivity contribution >= 4 is 34.1 Å². The van der Waals surface area contributed by atoms with Crippen molar-refractivity contribution in [3.8, 4) is 11.3 Å². The van der Waals surface area contributed by atoms with E-state index in [-0.39, 0.29) is 18.4 Å². The van der Waals surface area contributed by atoms with Crippen LogP contribution < -0.4 is 10.6 Å². The fourth-order valence-corrected chi connectivity index (χ4v) is 3.39. The van der Waals surface area contributed by atoms with Crippen molar-refractivity contribution in [2.75, 3.05) is 11.9 Å². The maximum absolute atomic E-state index is 12.1. The molecule has 0 aliphatic carbocycles. The molecule has 4 aromatic rings. The summed E-state index contributed by atoms with van der Waals surface area (Å²) in [6.45, 7) is -0.161. The lowest BCUT2D eigenvalue weighted by molar-refractivity contribution is -0.115. The summed E-state index contributed by atoms with van der Waals surface area (Å²) in [6.07, 6.45) is 0. The number of nitrogens with zero attached hydrogens (tertiary/aromatic N) is 3. The van der Waals surface area contributed by atoms with Gasteiger partial charge in [-0.1, -0.05) is 48.5 Å². The number of hydrogen-bond acceptors (Lipinski definition) is 5. The molecule has 0 unspecified atom stereocenters. The predicted molar refractivity (Wildman–Crippen MR) is 104 cm³/mol. The fraction of sp³-hybridized carbons (Fsp3) is 0.0526. The number of fused-ring (bicyclic) bond motifs is 1. The van der Waals surface area contributed by atoms with Gasteiger partial charge in [-0.15, -0.1) is 16.4 Å². The molecule has 27 heavy (non-hydrogen) atoms. The van der Waals surface area contributed by atoms with E-state index in [1.165, 1.54) is 11.3 Å². The number of amides is 2. The van der Waals surface area contributed by atoms with E-state index >= 15 is 0 Å². The number of rotatable bonds is 5. The van der Waals surface area contributed by atoms with Gasteiger partial charge in [0.25, 0.3) is 11.9 Å². The zero-order chi connectivity index (χ0) is 18.6. The molecule has 134 valence electrons. The van der Waals surface area contributed by atoms with Gasteiger partial charge in [0, 0.05) is 16.5 Å². The van der Waals surface area contributed by atoms with Crippen LogP contribution in [0.3, 0.4) is 0 Å². The number of carbonyl (C=O) groups excluding carboxylic acids is 2. The molecule has 0 atom stereocenters. The fourth-order valence-electron chi connectivity index (χ4n) is 2.56. The Morgan fingerprint density at radius 1 is 1.00 bits per heavy atom. The first-order valence-electron chi connectivity index (χ1n) is 8.23. The molecule has 2 aromatic heterocycles. The molecule has 8 heteroatoms. The van der Waals surface area contributed by atoms with E-state index in [1.54, 1.807) is 28.8 Å². The minimum atomic E-state index is -0.390. The van der Waals surface area contributed by atoms with Gasteiger partial charge >= 0.3 is 0 Å². The molecule has 0 fully saturated rings. The molecule has 2 amide bonds. The summed E-state index contributed by atoms with van der Waals surface area (Å²) in [5.41, 5.74) is 2.42. The third-order valence-corrected chi connectivity index (χ3v) is 4.66. The molecule has 0 saturated heterocycles. The van der Waals surface area contributed by atoms with Crippen LogP contribution in [0, 0.1) is 0 Å². The number of nitrogens with one attached hydrogen (secondary N) is 2. The van der Waals surface area contributed by atoms with E-state index in [0.717, 1.165) is 11.3 Å². The van der Waals surface area contributed by atoms with Gasteiger partial charge in [-0.05, 0) is 12.1 Å². The molecular weight excluding hydrogens is 362 g/mol. The summed E-state index contributed by atoms with van der Waals surface area (Å²) in [4.78, 5) is 29.1. The van der Waals surface area contributed by atoms with Gasteiger partial charge in [0.15, 0.2) is 0 Å². The van der Waals surface area contributed by atoms with Gasteiger partial charge in [0.2, 0.25) is 10.9 Å². The number of anilines is 1. The lowest BCUT2D eigenvalue weighted by Gasteiger charge is -2.04. The highest BCUT2D eigenvalue weighted by atomic mass is 32.1. The van der Waals surface area contributed by atoms with Crippen LogP contribution in [0.5, 0.6) is 0 Å². The topological polar surface area (TPSA) is 88.4 Å². The zero-order valence-electron chi connectivity index (χ0n) is 14.1. The van der Waals surface area contributed by atoms with Crippen molar-refractivity contribution in [1.82, 2.24) is 19.9 Å². The summed E-state index contributed by atoms with van der Waals surface area (Å²) in [5, 5.41) is 11.5. The maximum atomic E-state index is 12.1. The zero-order valence-corrected chi connectivity index (χ0v) is 14.9. The number of hydrogen-bond donors (Lipinski definition) is 2. The third kappa shape index (κ3) is 3.70. The summed E-state index contributed by atoms with van der Waals surface area (Å²) in [7, 11) is 0. The lowest BCUT2D eigenvalue weighted by Crippen LogP contribution is -2.33. The summed E-state index contributed by atoms with van der Waals surface area (Å²) < 4.78 is 1.69. The standard InChI is InChI=1S/C19H15N5O2S/c25-16(11-20-17(26)14-9-5-2-6-10-14)21-18-22-19-24(23-18)15(12-27-19)13-7-3-1-4-8-13/h1-10,12H,11H2,(H,20,26)(H,21,23,25). The minimum absolute atomic E-state index is 0.161. The minimum Gasteiger partial charge on any atom is -0.343 e. The Morgan fingerprint density at radius 2 is 1.70 bits per heavy atom. The molecule has 7 nitrogen and oxygen atoms in total. The van der Waals surface area contributed by atoms with Crippen LogP contribution in [0.25, 0.3) is 16.2 Å². The van der Waals surface area contributed by atoms with Crippen molar-refractivity contribution < 1.29 is 9.59 Å². The van der Waals surface area contributed by atoms with Gasteiger partial charge in [-0.25, -0.2) is 4.52 Å². The molecule has 0 aliphatic rings. The number of carbonyl (C=O) groups is 2. The number of benzene rings is 2. The van der Waals surface area contributed by atoms with Crippen molar-refractivity contribution in [2.24, 2.45) is 0 Å². The predicted octanol–water partition coefficient (Wildman–Crippen LogP) is 2.83. The van der Waals surface area contributed by atoms with Gasteiger partial charge in [0.05, 0.1) is 12.2 Å². The highest BCUT2D eigenvalue weighted by Gasteiger charge is 2.14. The average molecular weight is 377 g/mol. The van der Waals surface area contributed by atoms with E-state index in [0.29, 0.717) is 10.5 Å². The normalized spacial score (nSPS) is 10.7. The Kier molecular flexibility index (Phi) is 4.63. The molecule has 0 aliphatic heterocycles. The molecular formula is C19H15N5O2S.